The smallest absolute Gasteiger partial charge is 0.230 e. The van der Waals surface area contributed by atoms with Crippen molar-refractivity contribution in [3.63, 3.8) is 0 Å². The average Bonchev–Trinajstić information content (AvgIpc) is 2.88. The van der Waals surface area contributed by atoms with Gasteiger partial charge >= 0.3 is 0 Å². The number of nitrogens with zero attached hydrogens (tertiary/aromatic N) is 2. The van der Waals surface area contributed by atoms with Crippen LogP contribution < -0.4 is 5.32 Å². The zero-order valence-corrected chi connectivity index (χ0v) is 11.0. The topological polar surface area (TPSA) is 46.9 Å². The zero-order chi connectivity index (χ0) is 12.6. The summed E-state index contributed by atoms with van der Waals surface area (Å²) in [5, 5.41) is 7.33. The van der Waals surface area contributed by atoms with Gasteiger partial charge in [0.05, 0.1) is 11.6 Å². The highest BCUT2D eigenvalue weighted by Crippen LogP contribution is 2.48. The van der Waals surface area contributed by atoms with Crippen LogP contribution in [-0.2, 0) is 10.2 Å². The molecule has 0 saturated heterocycles. The molecule has 0 bridgehead atoms. The highest BCUT2D eigenvalue weighted by atomic mass is 16.2. The second-order valence-electron chi connectivity index (χ2n) is 5.51. The van der Waals surface area contributed by atoms with Crippen LogP contribution in [0.1, 0.15) is 52.1 Å². The summed E-state index contributed by atoms with van der Waals surface area (Å²) in [6.07, 6.45) is 5.73. The van der Waals surface area contributed by atoms with Crippen LogP contribution in [0.3, 0.4) is 0 Å². The second kappa shape index (κ2) is 4.17. The van der Waals surface area contributed by atoms with Gasteiger partial charge in [-0.2, -0.15) is 5.10 Å². The molecule has 0 unspecified atom stereocenters. The van der Waals surface area contributed by atoms with Gasteiger partial charge in [-0.1, -0.05) is 0 Å². The van der Waals surface area contributed by atoms with Gasteiger partial charge in [-0.25, -0.2) is 0 Å². The van der Waals surface area contributed by atoms with E-state index in [4.69, 9.17) is 0 Å². The number of amides is 1. The van der Waals surface area contributed by atoms with E-state index in [9.17, 15) is 4.79 Å². The summed E-state index contributed by atoms with van der Waals surface area (Å²) in [5.41, 5.74) is 0.765. The Balaban J connectivity index is 2.17. The third kappa shape index (κ3) is 2.21. The number of aromatic nitrogens is 2. The van der Waals surface area contributed by atoms with Crippen molar-refractivity contribution < 1.29 is 4.79 Å². The molecule has 1 aliphatic carbocycles. The summed E-state index contributed by atoms with van der Waals surface area (Å²) in [5.74, 6) is 0.149. The highest BCUT2D eigenvalue weighted by molar-refractivity contribution is 5.91. The molecule has 1 fully saturated rings. The fraction of sp³-hybridized carbons (Fsp3) is 0.692. The molecule has 0 atom stereocenters. The zero-order valence-electron chi connectivity index (χ0n) is 11.0. The summed E-state index contributed by atoms with van der Waals surface area (Å²) < 4.78 is 1.91. The van der Waals surface area contributed by atoms with Crippen LogP contribution >= 0.6 is 0 Å². The number of nitrogens with one attached hydrogen (secondary N) is 1. The number of rotatable bonds is 4. The van der Waals surface area contributed by atoms with Crippen molar-refractivity contribution in [3.05, 3.63) is 18.0 Å². The van der Waals surface area contributed by atoms with Crippen LogP contribution in [0.15, 0.2) is 12.4 Å². The number of carbonyl (C=O) groups excluding carboxylic acids is 1. The molecule has 1 amide bonds. The Kier molecular flexibility index (Phi) is 2.98. The van der Waals surface area contributed by atoms with E-state index in [0.717, 1.165) is 18.4 Å². The van der Waals surface area contributed by atoms with Gasteiger partial charge in [0.25, 0.3) is 0 Å². The maximum atomic E-state index is 12.2. The molecule has 4 nitrogen and oxygen atoms in total. The van der Waals surface area contributed by atoms with Crippen molar-refractivity contribution in [2.45, 2.75) is 58.0 Å². The molecule has 1 aromatic heterocycles. The van der Waals surface area contributed by atoms with E-state index in [1.54, 1.807) is 0 Å². The lowest BCUT2D eigenvalue weighted by molar-refractivity contribution is -0.124. The number of carbonyl (C=O) groups is 1. The molecule has 94 valence electrons. The Morgan fingerprint density at radius 2 is 2.06 bits per heavy atom. The van der Waals surface area contributed by atoms with Gasteiger partial charge < -0.3 is 5.32 Å². The van der Waals surface area contributed by atoms with Gasteiger partial charge in [0.15, 0.2) is 0 Å². The second-order valence-corrected chi connectivity index (χ2v) is 5.51. The largest absolute Gasteiger partial charge is 0.353 e. The molecule has 1 N–H and O–H groups in total. The summed E-state index contributed by atoms with van der Waals surface area (Å²) in [7, 11) is 0. The van der Waals surface area contributed by atoms with Crippen molar-refractivity contribution in [1.29, 1.82) is 0 Å². The molecule has 0 radical (unpaired) electrons. The minimum Gasteiger partial charge on any atom is -0.353 e. The van der Waals surface area contributed by atoms with Crippen LogP contribution in [0.2, 0.25) is 0 Å². The average molecular weight is 235 g/mol. The molecule has 17 heavy (non-hydrogen) atoms. The SMILES string of the molecule is CC(C)NC(=O)C1(c2cnn(C(C)C)c2)CC1. The Hall–Kier alpha value is -1.32. The monoisotopic (exact) mass is 235 g/mol. The van der Waals surface area contributed by atoms with Gasteiger partial charge in [-0.15, -0.1) is 0 Å². The van der Waals surface area contributed by atoms with E-state index in [-0.39, 0.29) is 17.4 Å². The van der Waals surface area contributed by atoms with Crippen molar-refractivity contribution in [2.24, 2.45) is 0 Å². The van der Waals surface area contributed by atoms with Gasteiger partial charge in [0.2, 0.25) is 5.91 Å². The van der Waals surface area contributed by atoms with E-state index in [1.165, 1.54) is 0 Å². The predicted octanol–water partition coefficient (Wildman–Crippen LogP) is 2.02. The third-order valence-corrected chi connectivity index (χ3v) is 3.29. The van der Waals surface area contributed by atoms with E-state index in [0.29, 0.717) is 6.04 Å². The third-order valence-electron chi connectivity index (χ3n) is 3.29. The molecule has 1 aliphatic rings. The fourth-order valence-electron chi connectivity index (χ4n) is 2.04. The molecular weight excluding hydrogens is 214 g/mol. The normalized spacial score (nSPS) is 17.5. The van der Waals surface area contributed by atoms with E-state index in [2.05, 4.69) is 24.3 Å². The Morgan fingerprint density at radius 1 is 1.41 bits per heavy atom. The Morgan fingerprint density at radius 3 is 2.47 bits per heavy atom. The molecule has 0 spiro atoms. The number of hydrogen-bond acceptors (Lipinski definition) is 2. The summed E-state index contributed by atoms with van der Waals surface area (Å²) in [6, 6.07) is 0.535. The van der Waals surface area contributed by atoms with Crippen LogP contribution in [0, 0.1) is 0 Å². The Bertz CT molecular complexity index is 416. The first-order valence-electron chi connectivity index (χ1n) is 6.31. The summed E-state index contributed by atoms with van der Waals surface area (Å²) in [4.78, 5) is 12.2. The summed E-state index contributed by atoms with van der Waals surface area (Å²) >= 11 is 0. The van der Waals surface area contributed by atoms with Crippen molar-refractivity contribution in [2.75, 3.05) is 0 Å². The molecular formula is C13H21N3O. The predicted molar refractivity (Wildman–Crippen MR) is 66.8 cm³/mol. The lowest BCUT2D eigenvalue weighted by atomic mass is 9.98. The van der Waals surface area contributed by atoms with Gasteiger partial charge in [-0.05, 0) is 40.5 Å². The summed E-state index contributed by atoms with van der Waals surface area (Å²) in [6.45, 7) is 8.16. The maximum Gasteiger partial charge on any atom is 0.230 e. The van der Waals surface area contributed by atoms with Crippen LogP contribution in [0.25, 0.3) is 0 Å². The first-order chi connectivity index (χ1) is 7.95. The van der Waals surface area contributed by atoms with Crippen LogP contribution in [0.5, 0.6) is 0 Å². The number of hydrogen-bond donors (Lipinski definition) is 1. The molecule has 2 rings (SSSR count). The molecule has 1 heterocycles. The molecule has 0 aromatic carbocycles. The van der Waals surface area contributed by atoms with Gasteiger partial charge in [0.1, 0.15) is 0 Å². The van der Waals surface area contributed by atoms with E-state index in [1.807, 2.05) is 30.9 Å². The fourth-order valence-corrected chi connectivity index (χ4v) is 2.04. The maximum absolute atomic E-state index is 12.2. The van der Waals surface area contributed by atoms with Crippen molar-refractivity contribution in [1.82, 2.24) is 15.1 Å². The standard InChI is InChI=1S/C13H21N3O/c1-9(2)15-12(17)13(5-6-13)11-7-14-16(8-11)10(3)4/h7-10H,5-6H2,1-4H3,(H,15,17). The Labute approximate surface area is 102 Å². The molecule has 1 aromatic rings. The van der Waals surface area contributed by atoms with Crippen LogP contribution in [0.4, 0.5) is 0 Å². The van der Waals surface area contributed by atoms with Crippen LogP contribution in [-0.4, -0.2) is 21.7 Å². The first kappa shape index (κ1) is 12.1. The minimum absolute atomic E-state index is 0.149. The van der Waals surface area contributed by atoms with Crippen molar-refractivity contribution in [3.8, 4) is 0 Å². The highest BCUT2D eigenvalue weighted by Gasteiger charge is 2.52. The molecule has 4 heteroatoms. The van der Waals surface area contributed by atoms with E-state index < -0.39 is 0 Å². The molecule has 0 aliphatic heterocycles. The van der Waals surface area contributed by atoms with E-state index >= 15 is 0 Å². The quantitative estimate of drug-likeness (QED) is 0.868. The van der Waals surface area contributed by atoms with Gasteiger partial charge in [0, 0.05) is 23.8 Å². The van der Waals surface area contributed by atoms with Crippen molar-refractivity contribution >= 4 is 5.91 Å². The lowest BCUT2D eigenvalue weighted by Gasteiger charge is -2.16. The lowest BCUT2D eigenvalue weighted by Crippen LogP contribution is -2.38. The van der Waals surface area contributed by atoms with Gasteiger partial charge in [-0.3, -0.25) is 9.48 Å². The molecule has 1 saturated carbocycles. The minimum atomic E-state index is -0.294. The first-order valence-corrected chi connectivity index (χ1v) is 6.31.